The summed E-state index contributed by atoms with van der Waals surface area (Å²) in [5, 5.41) is 21.0. The van der Waals surface area contributed by atoms with Gasteiger partial charge < -0.3 is 15.1 Å². The fourth-order valence-electron chi connectivity index (χ4n) is 2.44. The van der Waals surface area contributed by atoms with Gasteiger partial charge in [-0.25, -0.2) is 4.98 Å². The minimum Gasteiger partial charge on any atom is -0.506 e. The van der Waals surface area contributed by atoms with Crippen LogP contribution in [-0.4, -0.2) is 59.3 Å². The molecule has 1 saturated heterocycles. The Morgan fingerprint density at radius 3 is 2.81 bits per heavy atom. The summed E-state index contributed by atoms with van der Waals surface area (Å²) in [6.45, 7) is 4.93. The zero-order chi connectivity index (χ0) is 14.9. The summed E-state index contributed by atoms with van der Waals surface area (Å²) in [7, 11) is 0. The molecule has 2 rings (SSSR count). The smallest absolute Gasteiger partial charge is 0.142 e. The number of oxime groups is 1. The Morgan fingerprint density at radius 2 is 2.05 bits per heavy atom. The van der Waals surface area contributed by atoms with Crippen LogP contribution in [0.2, 0.25) is 0 Å². The number of hydrogen-bond acceptors (Lipinski definition) is 6. The van der Waals surface area contributed by atoms with E-state index >= 15 is 0 Å². The molecule has 1 aromatic heterocycles. The molecule has 1 aliphatic rings. The first kappa shape index (κ1) is 15.7. The average Bonchev–Trinajstić information content (AvgIpc) is 2.51. The standard InChI is InChI=1S/C15H23N3O3/c19-15-6-5-13(17-14(15)12-16-20)4-2-1-3-7-18-8-10-21-11-9-18/h5-6,12,19-20H,1-4,7-11H2. The van der Waals surface area contributed by atoms with E-state index in [0.29, 0.717) is 5.69 Å². The minimum absolute atomic E-state index is 0.0314. The van der Waals surface area contributed by atoms with E-state index in [0.717, 1.165) is 64.0 Å². The van der Waals surface area contributed by atoms with Gasteiger partial charge in [-0.05, 0) is 37.9 Å². The predicted octanol–water partition coefficient (Wildman–Crippen LogP) is 1.64. The van der Waals surface area contributed by atoms with Crippen LogP contribution in [0.3, 0.4) is 0 Å². The molecule has 2 heterocycles. The monoisotopic (exact) mass is 293 g/mol. The van der Waals surface area contributed by atoms with Crippen molar-refractivity contribution in [3.8, 4) is 5.75 Å². The van der Waals surface area contributed by atoms with Gasteiger partial charge in [0.2, 0.25) is 0 Å². The zero-order valence-corrected chi connectivity index (χ0v) is 12.2. The van der Waals surface area contributed by atoms with Crippen molar-refractivity contribution in [1.29, 1.82) is 0 Å². The van der Waals surface area contributed by atoms with Crippen LogP contribution in [0.15, 0.2) is 17.3 Å². The first-order valence-corrected chi connectivity index (χ1v) is 7.46. The molecule has 0 amide bonds. The fraction of sp³-hybridized carbons (Fsp3) is 0.600. The molecule has 0 atom stereocenters. The van der Waals surface area contributed by atoms with E-state index in [1.165, 1.54) is 6.42 Å². The van der Waals surface area contributed by atoms with Crippen molar-refractivity contribution in [1.82, 2.24) is 9.88 Å². The molecule has 1 aliphatic heterocycles. The van der Waals surface area contributed by atoms with Crippen molar-refractivity contribution in [2.75, 3.05) is 32.8 Å². The third-order valence-corrected chi connectivity index (χ3v) is 3.65. The summed E-state index contributed by atoms with van der Waals surface area (Å²) in [5.41, 5.74) is 1.22. The number of unbranched alkanes of at least 4 members (excludes halogenated alkanes) is 2. The Bertz CT molecular complexity index is 459. The van der Waals surface area contributed by atoms with Gasteiger partial charge in [-0.2, -0.15) is 0 Å². The predicted molar refractivity (Wildman–Crippen MR) is 80.1 cm³/mol. The normalized spacial score (nSPS) is 16.6. The van der Waals surface area contributed by atoms with Crippen LogP contribution < -0.4 is 0 Å². The SMILES string of the molecule is ON=Cc1nc(CCCCCN2CCOCC2)ccc1O. The molecule has 21 heavy (non-hydrogen) atoms. The van der Waals surface area contributed by atoms with E-state index in [1.807, 2.05) is 6.07 Å². The lowest BCUT2D eigenvalue weighted by Gasteiger charge is -2.26. The summed E-state index contributed by atoms with van der Waals surface area (Å²) >= 11 is 0. The van der Waals surface area contributed by atoms with Crippen molar-refractivity contribution < 1.29 is 15.1 Å². The van der Waals surface area contributed by atoms with Crippen molar-refractivity contribution >= 4 is 6.21 Å². The summed E-state index contributed by atoms with van der Waals surface area (Å²) < 4.78 is 5.33. The van der Waals surface area contributed by atoms with Crippen LogP contribution in [-0.2, 0) is 11.2 Å². The molecule has 0 radical (unpaired) electrons. The van der Waals surface area contributed by atoms with Crippen LogP contribution >= 0.6 is 0 Å². The average molecular weight is 293 g/mol. The van der Waals surface area contributed by atoms with Crippen molar-refractivity contribution in [2.24, 2.45) is 5.16 Å². The third-order valence-electron chi connectivity index (χ3n) is 3.65. The Labute approximate surface area is 125 Å². The highest BCUT2D eigenvalue weighted by molar-refractivity contribution is 5.80. The second kappa shape index (κ2) is 8.59. The Hall–Kier alpha value is -1.66. The molecule has 116 valence electrons. The van der Waals surface area contributed by atoms with Crippen molar-refractivity contribution in [3.63, 3.8) is 0 Å². The van der Waals surface area contributed by atoms with Gasteiger partial charge >= 0.3 is 0 Å². The molecule has 0 aliphatic carbocycles. The lowest BCUT2D eigenvalue weighted by atomic mass is 10.1. The molecular formula is C15H23N3O3. The Balaban J connectivity index is 1.67. The van der Waals surface area contributed by atoms with Crippen LogP contribution in [0.4, 0.5) is 0 Å². The van der Waals surface area contributed by atoms with Gasteiger partial charge in [-0.3, -0.25) is 4.90 Å². The fourth-order valence-corrected chi connectivity index (χ4v) is 2.44. The van der Waals surface area contributed by atoms with E-state index in [1.54, 1.807) is 6.07 Å². The number of morpholine rings is 1. The molecule has 0 spiro atoms. The van der Waals surface area contributed by atoms with Gasteiger partial charge in [0.15, 0.2) is 0 Å². The molecule has 0 unspecified atom stereocenters. The number of rotatable bonds is 7. The highest BCUT2D eigenvalue weighted by Crippen LogP contribution is 2.14. The molecule has 1 fully saturated rings. The summed E-state index contributed by atoms with van der Waals surface area (Å²) in [5.74, 6) is 0.0314. The molecule has 6 nitrogen and oxygen atoms in total. The lowest BCUT2D eigenvalue weighted by Crippen LogP contribution is -2.36. The lowest BCUT2D eigenvalue weighted by molar-refractivity contribution is 0.0371. The molecule has 1 aromatic rings. The number of hydrogen-bond donors (Lipinski definition) is 2. The Kier molecular flexibility index (Phi) is 6.43. The van der Waals surface area contributed by atoms with Crippen LogP contribution in [0, 0.1) is 0 Å². The Morgan fingerprint density at radius 1 is 1.24 bits per heavy atom. The van der Waals surface area contributed by atoms with Crippen molar-refractivity contribution in [2.45, 2.75) is 25.7 Å². The quantitative estimate of drug-likeness (QED) is 0.346. The van der Waals surface area contributed by atoms with E-state index in [2.05, 4.69) is 15.0 Å². The van der Waals surface area contributed by atoms with Crippen molar-refractivity contribution in [3.05, 3.63) is 23.5 Å². The van der Waals surface area contributed by atoms with Gasteiger partial charge in [0, 0.05) is 18.8 Å². The van der Waals surface area contributed by atoms with E-state index in [-0.39, 0.29) is 5.75 Å². The minimum atomic E-state index is 0.0314. The van der Waals surface area contributed by atoms with E-state index in [9.17, 15) is 5.11 Å². The molecule has 6 heteroatoms. The largest absolute Gasteiger partial charge is 0.506 e. The highest BCUT2D eigenvalue weighted by atomic mass is 16.5. The van der Waals surface area contributed by atoms with Crippen LogP contribution in [0.25, 0.3) is 0 Å². The maximum Gasteiger partial charge on any atom is 0.142 e. The molecule has 2 N–H and O–H groups in total. The number of aryl methyl sites for hydroxylation is 1. The maximum atomic E-state index is 9.54. The number of aromatic nitrogens is 1. The number of nitrogens with zero attached hydrogens (tertiary/aromatic N) is 3. The van der Waals surface area contributed by atoms with Gasteiger partial charge in [-0.1, -0.05) is 11.6 Å². The number of pyridine rings is 1. The molecule has 0 bridgehead atoms. The maximum absolute atomic E-state index is 9.54. The van der Waals surface area contributed by atoms with Crippen LogP contribution in [0.1, 0.15) is 30.7 Å². The first-order valence-electron chi connectivity index (χ1n) is 7.46. The number of ether oxygens (including phenoxy) is 1. The second-order valence-corrected chi connectivity index (χ2v) is 5.22. The van der Waals surface area contributed by atoms with E-state index in [4.69, 9.17) is 9.94 Å². The first-order chi connectivity index (χ1) is 10.3. The third kappa shape index (κ3) is 5.32. The molecular weight excluding hydrogens is 270 g/mol. The van der Waals surface area contributed by atoms with Gasteiger partial charge in [0.1, 0.15) is 11.4 Å². The highest BCUT2D eigenvalue weighted by Gasteiger charge is 2.09. The summed E-state index contributed by atoms with van der Waals surface area (Å²) in [6.07, 6.45) is 5.43. The van der Waals surface area contributed by atoms with E-state index < -0.39 is 0 Å². The molecule has 0 saturated carbocycles. The topological polar surface area (TPSA) is 78.2 Å². The van der Waals surface area contributed by atoms with Gasteiger partial charge in [0.25, 0.3) is 0 Å². The summed E-state index contributed by atoms with van der Waals surface area (Å²) in [6, 6.07) is 3.40. The summed E-state index contributed by atoms with van der Waals surface area (Å²) in [4.78, 5) is 6.71. The van der Waals surface area contributed by atoms with Gasteiger partial charge in [0.05, 0.1) is 19.4 Å². The van der Waals surface area contributed by atoms with Crippen LogP contribution in [0.5, 0.6) is 5.75 Å². The molecule has 0 aromatic carbocycles. The zero-order valence-electron chi connectivity index (χ0n) is 12.2. The number of aromatic hydroxyl groups is 1. The van der Waals surface area contributed by atoms with Gasteiger partial charge in [-0.15, -0.1) is 0 Å². The second-order valence-electron chi connectivity index (χ2n) is 5.22.